The summed E-state index contributed by atoms with van der Waals surface area (Å²) in [6.45, 7) is 6.63. The minimum Gasteiger partial charge on any atom is -0.330 e. The number of likely N-dealkylation sites (tertiary alicyclic amines) is 1. The molecule has 1 aromatic rings. The molecule has 0 spiro atoms. The first-order valence-electron chi connectivity index (χ1n) is 6.72. The summed E-state index contributed by atoms with van der Waals surface area (Å²) < 4.78 is 0. The number of hydrogen-bond acceptors (Lipinski definition) is 3. The van der Waals surface area contributed by atoms with Crippen molar-refractivity contribution in [3.8, 4) is 0 Å². The van der Waals surface area contributed by atoms with E-state index in [0.717, 1.165) is 6.54 Å². The van der Waals surface area contributed by atoms with Crippen LogP contribution in [0.3, 0.4) is 0 Å². The van der Waals surface area contributed by atoms with E-state index in [2.05, 4.69) is 35.6 Å². The van der Waals surface area contributed by atoms with Gasteiger partial charge in [-0.3, -0.25) is 4.90 Å². The Morgan fingerprint density at radius 1 is 1.47 bits per heavy atom. The summed E-state index contributed by atoms with van der Waals surface area (Å²) in [5.74, 6) is 0.620. The zero-order chi connectivity index (χ0) is 12.3. The lowest BCUT2D eigenvalue weighted by atomic mass is 9.90. The highest BCUT2D eigenvalue weighted by Gasteiger charge is 2.31. The highest BCUT2D eigenvalue weighted by atomic mass is 32.1. The van der Waals surface area contributed by atoms with Crippen molar-refractivity contribution in [3.63, 3.8) is 0 Å². The lowest BCUT2D eigenvalue weighted by Crippen LogP contribution is -2.39. The van der Waals surface area contributed by atoms with Gasteiger partial charge in [-0.05, 0) is 68.1 Å². The molecule has 3 heteroatoms. The maximum Gasteiger partial charge on any atom is 0.0399 e. The second-order valence-electron chi connectivity index (χ2n) is 5.32. The molecule has 2 rings (SSSR count). The second kappa shape index (κ2) is 5.98. The zero-order valence-corrected chi connectivity index (χ0v) is 11.7. The van der Waals surface area contributed by atoms with Crippen LogP contribution in [0.25, 0.3) is 0 Å². The van der Waals surface area contributed by atoms with Crippen molar-refractivity contribution in [2.24, 2.45) is 11.7 Å². The molecule has 1 saturated heterocycles. The average Bonchev–Trinajstić information content (AvgIpc) is 2.74. The molecular formula is C14H24N2S. The summed E-state index contributed by atoms with van der Waals surface area (Å²) in [6, 6.07) is 3.42. The van der Waals surface area contributed by atoms with E-state index in [1.807, 2.05) is 0 Å². The predicted octanol–water partition coefficient (Wildman–Crippen LogP) is 3.26. The van der Waals surface area contributed by atoms with Gasteiger partial charge in [0.15, 0.2) is 0 Å². The van der Waals surface area contributed by atoms with Crippen molar-refractivity contribution in [2.75, 3.05) is 13.1 Å². The van der Waals surface area contributed by atoms with E-state index in [4.69, 9.17) is 5.73 Å². The molecule has 2 unspecified atom stereocenters. The molecule has 17 heavy (non-hydrogen) atoms. The summed E-state index contributed by atoms with van der Waals surface area (Å²) in [6.07, 6.45) is 3.92. The van der Waals surface area contributed by atoms with E-state index in [-0.39, 0.29) is 0 Å². The van der Waals surface area contributed by atoms with Crippen molar-refractivity contribution >= 4 is 11.3 Å². The summed E-state index contributed by atoms with van der Waals surface area (Å²) in [5.41, 5.74) is 7.48. The Morgan fingerprint density at radius 3 is 2.88 bits per heavy atom. The van der Waals surface area contributed by atoms with E-state index in [0.29, 0.717) is 18.0 Å². The van der Waals surface area contributed by atoms with Gasteiger partial charge in [-0.15, -0.1) is 0 Å². The van der Waals surface area contributed by atoms with Crippen LogP contribution in [-0.4, -0.2) is 24.0 Å². The van der Waals surface area contributed by atoms with Crippen LogP contribution in [0.1, 0.15) is 44.7 Å². The first kappa shape index (κ1) is 13.1. The molecule has 1 aliphatic rings. The fraction of sp³-hybridized carbons (Fsp3) is 0.714. The topological polar surface area (TPSA) is 29.3 Å². The zero-order valence-electron chi connectivity index (χ0n) is 10.9. The third kappa shape index (κ3) is 2.90. The van der Waals surface area contributed by atoms with E-state index in [1.54, 1.807) is 11.3 Å². The highest BCUT2D eigenvalue weighted by molar-refractivity contribution is 7.07. The SMILES string of the molecule is CC(C)N1CCCCC(CN)C1c1ccsc1. The van der Waals surface area contributed by atoms with Crippen LogP contribution in [0, 0.1) is 5.92 Å². The van der Waals surface area contributed by atoms with Gasteiger partial charge in [-0.25, -0.2) is 0 Å². The lowest BCUT2D eigenvalue weighted by molar-refractivity contribution is 0.122. The van der Waals surface area contributed by atoms with Gasteiger partial charge in [0, 0.05) is 12.1 Å². The van der Waals surface area contributed by atoms with Crippen LogP contribution in [-0.2, 0) is 0 Å². The Balaban J connectivity index is 2.28. The molecule has 2 atom stereocenters. The molecule has 0 amide bonds. The largest absolute Gasteiger partial charge is 0.330 e. The van der Waals surface area contributed by atoms with Gasteiger partial charge >= 0.3 is 0 Å². The first-order chi connectivity index (χ1) is 8.24. The van der Waals surface area contributed by atoms with Gasteiger partial charge in [0.25, 0.3) is 0 Å². The molecule has 1 aromatic heterocycles. The van der Waals surface area contributed by atoms with E-state index >= 15 is 0 Å². The molecular weight excluding hydrogens is 228 g/mol. The Bertz CT molecular complexity index is 321. The highest BCUT2D eigenvalue weighted by Crippen LogP contribution is 2.36. The van der Waals surface area contributed by atoms with Gasteiger partial charge in [0.2, 0.25) is 0 Å². The monoisotopic (exact) mass is 252 g/mol. The normalized spacial score (nSPS) is 27.3. The van der Waals surface area contributed by atoms with Crippen molar-refractivity contribution in [3.05, 3.63) is 22.4 Å². The third-order valence-corrected chi connectivity index (χ3v) is 4.60. The van der Waals surface area contributed by atoms with Crippen LogP contribution in [0.5, 0.6) is 0 Å². The van der Waals surface area contributed by atoms with E-state index < -0.39 is 0 Å². The number of nitrogens with zero attached hydrogens (tertiary/aromatic N) is 1. The van der Waals surface area contributed by atoms with Gasteiger partial charge in [-0.2, -0.15) is 11.3 Å². The summed E-state index contributed by atoms with van der Waals surface area (Å²) in [7, 11) is 0. The van der Waals surface area contributed by atoms with Crippen LogP contribution in [0.4, 0.5) is 0 Å². The van der Waals surface area contributed by atoms with Crippen LogP contribution >= 0.6 is 11.3 Å². The van der Waals surface area contributed by atoms with E-state index in [9.17, 15) is 0 Å². The summed E-state index contributed by atoms with van der Waals surface area (Å²) in [5, 5.41) is 4.49. The average molecular weight is 252 g/mol. The van der Waals surface area contributed by atoms with Gasteiger partial charge in [0.1, 0.15) is 0 Å². The van der Waals surface area contributed by atoms with Crippen LogP contribution < -0.4 is 5.73 Å². The molecule has 2 nitrogen and oxygen atoms in total. The van der Waals surface area contributed by atoms with E-state index in [1.165, 1.54) is 31.4 Å². The first-order valence-corrected chi connectivity index (χ1v) is 7.66. The number of nitrogens with two attached hydrogens (primary N) is 1. The molecule has 2 heterocycles. The molecule has 0 aromatic carbocycles. The van der Waals surface area contributed by atoms with Crippen LogP contribution in [0.15, 0.2) is 16.8 Å². The quantitative estimate of drug-likeness (QED) is 0.894. The Labute approximate surface area is 109 Å². The molecule has 0 saturated carbocycles. The molecule has 0 aliphatic carbocycles. The van der Waals surface area contributed by atoms with Crippen molar-refractivity contribution in [1.29, 1.82) is 0 Å². The molecule has 96 valence electrons. The molecule has 0 radical (unpaired) electrons. The molecule has 0 bridgehead atoms. The summed E-state index contributed by atoms with van der Waals surface area (Å²) in [4.78, 5) is 2.65. The molecule has 1 aliphatic heterocycles. The number of thiophene rings is 1. The van der Waals surface area contributed by atoms with Crippen molar-refractivity contribution < 1.29 is 0 Å². The van der Waals surface area contributed by atoms with Gasteiger partial charge in [0.05, 0.1) is 0 Å². The molecule has 2 N–H and O–H groups in total. The van der Waals surface area contributed by atoms with Gasteiger partial charge in [-0.1, -0.05) is 6.42 Å². The number of hydrogen-bond donors (Lipinski definition) is 1. The fourth-order valence-electron chi connectivity index (χ4n) is 3.00. The standard InChI is InChI=1S/C14H24N2S/c1-11(2)16-7-4-3-5-12(9-15)14(16)13-6-8-17-10-13/h6,8,10-12,14H,3-5,7,9,15H2,1-2H3. The Kier molecular flexibility index (Phi) is 4.60. The fourth-order valence-corrected chi connectivity index (χ4v) is 3.69. The number of rotatable bonds is 3. The minimum atomic E-state index is 0.536. The maximum absolute atomic E-state index is 6.01. The predicted molar refractivity (Wildman–Crippen MR) is 75.3 cm³/mol. The van der Waals surface area contributed by atoms with Crippen LogP contribution in [0.2, 0.25) is 0 Å². The molecule has 1 fully saturated rings. The van der Waals surface area contributed by atoms with Crippen molar-refractivity contribution in [2.45, 2.75) is 45.2 Å². The second-order valence-corrected chi connectivity index (χ2v) is 6.10. The van der Waals surface area contributed by atoms with Gasteiger partial charge < -0.3 is 5.73 Å². The Morgan fingerprint density at radius 2 is 2.29 bits per heavy atom. The third-order valence-electron chi connectivity index (χ3n) is 3.90. The Hall–Kier alpha value is -0.380. The van der Waals surface area contributed by atoms with Crippen molar-refractivity contribution in [1.82, 2.24) is 4.90 Å². The summed E-state index contributed by atoms with van der Waals surface area (Å²) >= 11 is 1.80. The smallest absolute Gasteiger partial charge is 0.0399 e. The minimum absolute atomic E-state index is 0.536. The lowest BCUT2D eigenvalue weighted by Gasteiger charge is -2.37. The maximum atomic E-state index is 6.01.